The van der Waals surface area contributed by atoms with Gasteiger partial charge in [0, 0.05) is 11.6 Å². The van der Waals surface area contributed by atoms with E-state index >= 15 is 0 Å². The van der Waals surface area contributed by atoms with Crippen LogP contribution in [0.15, 0.2) is 6.07 Å². The van der Waals surface area contributed by atoms with Crippen LogP contribution < -0.4 is 0 Å². The van der Waals surface area contributed by atoms with Gasteiger partial charge in [-0.3, -0.25) is 5.10 Å². The predicted octanol–water partition coefficient (Wildman–Crippen LogP) is 5.46. The van der Waals surface area contributed by atoms with Crippen molar-refractivity contribution in [2.75, 3.05) is 6.61 Å². The number of aromatic amines is 1. The van der Waals surface area contributed by atoms with Crippen molar-refractivity contribution in [1.29, 1.82) is 0 Å². The first kappa shape index (κ1) is 21.5. The van der Waals surface area contributed by atoms with Crippen LogP contribution in [-0.2, 0) is 4.74 Å². The van der Waals surface area contributed by atoms with Gasteiger partial charge >= 0.3 is 5.97 Å². The zero-order valence-corrected chi connectivity index (χ0v) is 19.7. The van der Waals surface area contributed by atoms with E-state index in [1.54, 1.807) is 0 Å². The van der Waals surface area contributed by atoms with E-state index in [1.165, 1.54) is 44.9 Å². The fourth-order valence-electron chi connectivity index (χ4n) is 8.95. The number of carbonyl (C=O) groups excluding carboxylic acids is 1. The van der Waals surface area contributed by atoms with Crippen molar-refractivity contribution >= 4 is 5.97 Å². The summed E-state index contributed by atoms with van der Waals surface area (Å²) in [6.45, 7) is 9.75. The molecule has 0 aromatic carbocycles. The summed E-state index contributed by atoms with van der Waals surface area (Å²) in [5.41, 5.74) is 2.46. The first-order valence-electron chi connectivity index (χ1n) is 12.6. The largest absolute Gasteiger partial charge is 0.461 e. The maximum atomic E-state index is 12.1. The van der Waals surface area contributed by atoms with E-state index in [0.717, 1.165) is 36.3 Å². The third kappa shape index (κ3) is 3.05. The number of esters is 1. The summed E-state index contributed by atoms with van der Waals surface area (Å²) in [6.07, 6.45) is 10.6. The van der Waals surface area contributed by atoms with E-state index in [4.69, 9.17) is 4.74 Å². The molecule has 0 bridgehead atoms. The average Bonchev–Trinajstić information content (AvgIpc) is 3.33. The maximum Gasteiger partial charge on any atom is 0.358 e. The Labute approximate surface area is 186 Å². The average molecular weight is 429 g/mol. The molecule has 4 saturated carbocycles. The van der Waals surface area contributed by atoms with Crippen LogP contribution in [0, 0.1) is 34.0 Å². The number of ether oxygens (including phenoxy) is 1. The molecule has 5 nitrogen and oxygen atoms in total. The fourth-order valence-corrected chi connectivity index (χ4v) is 8.95. The monoisotopic (exact) mass is 428 g/mol. The molecule has 7 unspecified atom stereocenters. The lowest BCUT2D eigenvalue weighted by atomic mass is 9.40. The molecule has 1 aromatic rings. The molecule has 31 heavy (non-hydrogen) atoms. The van der Waals surface area contributed by atoms with E-state index < -0.39 is 0 Å². The van der Waals surface area contributed by atoms with Crippen LogP contribution in [0.25, 0.3) is 0 Å². The van der Waals surface area contributed by atoms with Crippen LogP contribution in [0.2, 0.25) is 0 Å². The zero-order chi connectivity index (χ0) is 22.0. The summed E-state index contributed by atoms with van der Waals surface area (Å²) >= 11 is 0. The number of hydrogen-bond acceptors (Lipinski definition) is 4. The molecule has 0 saturated heterocycles. The van der Waals surface area contributed by atoms with Gasteiger partial charge in [0.1, 0.15) is 0 Å². The SMILES string of the molecule is CCOC(=O)c1cc(C2CCC3C4CC[C@@]5(C)CC(O)CCC5(C)C4CCC23C)[nH]n1. The van der Waals surface area contributed by atoms with Crippen molar-refractivity contribution in [2.24, 2.45) is 34.0 Å². The molecular formula is C26H40N2O3. The van der Waals surface area contributed by atoms with Gasteiger partial charge in [-0.1, -0.05) is 20.8 Å². The Morgan fingerprint density at radius 2 is 1.94 bits per heavy atom. The molecule has 4 fully saturated rings. The predicted molar refractivity (Wildman–Crippen MR) is 120 cm³/mol. The number of nitrogens with one attached hydrogen (secondary N) is 1. The van der Waals surface area contributed by atoms with Gasteiger partial charge < -0.3 is 9.84 Å². The van der Waals surface area contributed by atoms with Crippen molar-refractivity contribution in [3.8, 4) is 0 Å². The van der Waals surface area contributed by atoms with Crippen LogP contribution >= 0.6 is 0 Å². The normalized spacial score (nSPS) is 46.7. The van der Waals surface area contributed by atoms with Crippen LogP contribution in [0.1, 0.15) is 108 Å². The molecule has 4 aliphatic rings. The highest BCUT2D eigenvalue weighted by Crippen LogP contribution is 2.71. The smallest absolute Gasteiger partial charge is 0.358 e. The molecule has 0 aliphatic heterocycles. The maximum absolute atomic E-state index is 12.1. The summed E-state index contributed by atoms with van der Waals surface area (Å²) in [5.74, 6) is 2.45. The van der Waals surface area contributed by atoms with E-state index in [-0.39, 0.29) is 22.9 Å². The lowest BCUT2D eigenvalue weighted by Gasteiger charge is -2.65. The molecule has 8 atom stereocenters. The van der Waals surface area contributed by atoms with E-state index in [0.29, 0.717) is 23.6 Å². The number of aromatic nitrogens is 2. The number of aliphatic hydroxyl groups is 1. The van der Waals surface area contributed by atoms with Gasteiger partial charge in [0.15, 0.2) is 5.69 Å². The first-order chi connectivity index (χ1) is 14.7. The molecule has 4 aliphatic carbocycles. The molecule has 0 amide bonds. The highest BCUT2D eigenvalue weighted by Gasteiger charge is 2.63. The Bertz CT molecular complexity index is 851. The van der Waals surface area contributed by atoms with Crippen LogP contribution in [-0.4, -0.2) is 34.0 Å². The van der Waals surface area contributed by atoms with Crippen molar-refractivity contribution in [1.82, 2.24) is 10.2 Å². The van der Waals surface area contributed by atoms with Crippen molar-refractivity contribution in [3.63, 3.8) is 0 Å². The highest BCUT2D eigenvalue weighted by molar-refractivity contribution is 5.87. The third-order valence-corrected chi connectivity index (χ3v) is 10.8. The molecule has 1 aromatic heterocycles. The molecule has 2 N–H and O–H groups in total. The zero-order valence-electron chi connectivity index (χ0n) is 19.7. The van der Waals surface area contributed by atoms with E-state index in [2.05, 4.69) is 31.0 Å². The third-order valence-electron chi connectivity index (χ3n) is 10.8. The minimum absolute atomic E-state index is 0.103. The number of rotatable bonds is 3. The first-order valence-corrected chi connectivity index (χ1v) is 12.6. The number of nitrogens with zero attached hydrogens (tertiary/aromatic N) is 1. The van der Waals surface area contributed by atoms with Gasteiger partial charge in [-0.15, -0.1) is 0 Å². The van der Waals surface area contributed by atoms with Gasteiger partial charge in [0.2, 0.25) is 0 Å². The van der Waals surface area contributed by atoms with Crippen LogP contribution in [0.4, 0.5) is 0 Å². The Hall–Kier alpha value is -1.36. The van der Waals surface area contributed by atoms with E-state index in [1.807, 2.05) is 13.0 Å². The molecule has 0 radical (unpaired) electrons. The van der Waals surface area contributed by atoms with Gasteiger partial charge in [-0.05, 0) is 105 Å². The fraction of sp³-hybridized carbons (Fsp3) is 0.846. The van der Waals surface area contributed by atoms with Gasteiger partial charge in [0.05, 0.1) is 12.7 Å². The lowest BCUT2D eigenvalue weighted by Crippen LogP contribution is -2.58. The van der Waals surface area contributed by atoms with Crippen LogP contribution in [0.5, 0.6) is 0 Å². The lowest BCUT2D eigenvalue weighted by molar-refractivity contribution is -0.167. The van der Waals surface area contributed by atoms with Gasteiger partial charge in [-0.2, -0.15) is 5.10 Å². The molecule has 0 spiro atoms. The summed E-state index contributed by atoms with van der Waals surface area (Å²) < 4.78 is 5.15. The molecule has 5 heteroatoms. The summed E-state index contributed by atoms with van der Waals surface area (Å²) in [5, 5.41) is 17.9. The van der Waals surface area contributed by atoms with Gasteiger partial charge in [0.25, 0.3) is 0 Å². The number of carbonyl (C=O) groups is 1. The molecule has 172 valence electrons. The highest BCUT2D eigenvalue weighted by atomic mass is 16.5. The number of fused-ring (bicyclic) bond motifs is 5. The summed E-state index contributed by atoms with van der Waals surface area (Å²) in [7, 11) is 0. The quantitative estimate of drug-likeness (QED) is 0.627. The topological polar surface area (TPSA) is 75.2 Å². The molecule has 1 heterocycles. The minimum Gasteiger partial charge on any atom is -0.461 e. The Morgan fingerprint density at radius 3 is 2.71 bits per heavy atom. The minimum atomic E-state index is -0.326. The van der Waals surface area contributed by atoms with Crippen molar-refractivity contribution < 1.29 is 14.6 Å². The van der Waals surface area contributed by atoms with Crippen molar-refractivity contribution in [3.05, 3.63) is 17.5 Å². The Kier molecular flexibility index (Phi) is 5.08. The second-order valence-electron chi connectivity index (χ2n) is 11.9. The number of H-pyrrole nitrogens is 1. The number of hydrogen-bond donors (Lipinski definition) is 2. The van der Waals surface area contributed by atoms with Crippen molar-refractivity contribution in [2.45, 2.75) is 97.5 Å². The molecular weight excluding hydrogens is 388 g/mol. The standard InChI is InChI=1S/C26H40N2O3/c1-5-31-23(30)22-14-21(27-28-22)20-7-6-18-17-9-11-24(2)15-16(29)8-13-26(24,4)19(17)10-12-25(18,20)3/h14,16-20,29H,5-13,15H2,1-4H3,(H,27,28)/t16?,17?,18?,19?,20?,24-,25?,26?/m0/s1. The number of aliphatic hydroxyl groups excluding tert-OH is 1. The van der Waals surface area contributed by atoms with Crippen LogP contribution in [0.3, 0.4) is 0 Å². The summed E-state index contributed by atoms with van der Waals surface area (Å²) in [6, 6.07) is 1.95. The second-order valence-corrected chi connectivity index (χ2v) is 11.9. The Balaban J connectivity index is 1.39. The Morgan fingerprint density at radius 1 is 1.13 bits per heavy atom. The summed E-state index contributed by atoms with van der Waals surface area (Å²) in [4.78, 5) is 12.1. The van der Waals surface area contributed by atoms with E-state index in [9.17, 15) is 9.90 Å². The molecule has 5 rings (SSSR count). The second kappa shape index (κ2) is 7.33. The van der Waals surface area contributed by atoms with Gasteiger partial charge in [-0.25, -0.2) is 4.79 Å².